The Balaban J connectivity index is 1.46. The van der Waals surface area contributed by atoms with E-state index in [9.17, 15) is 14.0 Å². The molecule has 0 unspecified atom stereocenters. The number of halogens is 1. The van der Waals surface area contributed by atoms with Crippen molar-refractivity contribution >= 4 is 22.9 Å². The molecule has 3 aromatic heterocycles. The minimum Gasteiger partial charge on any atom is -0.449 e. The Morgan fingerprint density at radius 1 is 1.03 bits per heavy atom. The highest BCUT2D eigenvalue weighted by Gasteiger charge is 2.40. The molecular formula is C29H31FN4O4. The van der Waals surface area contributed by atoms with Crippen molar-refractivity contribution in [2.75, 3.05) is 19.6 Å². The van der Waals surface area contributed by atoms with Gasteiger partial charge in [-0.1, -0.05) is 25.9 Å². The van der Waals surface area contributed by atoms with E-state index in [2.05, 4.69) is 25.9 Å². The van der Waals surface area contributed by atoms with Crippen LogP contribution in [0.5, 0.6) is 0 Å². The van der Waals surface area contributed by atoms with Crippen LogP contribution in [-0.2, 0) is 5.41 Å². The maximum atomic E-state index is 13.7. The summed E-state index contributed by atoms with van der Waals surface area (Å²) in [5.74, 6) is -0.0485. The molecule has 38 heavy (non-hydrogen) atoms. The van der Waals surface area contributed by atoms with Gasteiger partial charge in [0.2, 0.25) is 0 Å². The van der Waals surface area contributed by atoms with E-state index in [0.29, 0.717) is 42.2 Å². The van der Waals surface area contributed by atoms with Crippen molar-refractivity contribution in [3.8, 4) is 11.3 Å². The van der Waals surface area contributed by atoms with Gasteiger partial charge >= 0.3 is 0 Å². The molecule has 198 valence electrons. The molecule has 0 atom stereocenters. The molecular weight excluding hydrogens is 487 g/mol. The van der Waals surface area contributed by atoms with Crippen LogP contribution in [0.25, 0.3) is 22.4 Å². The molecule has 2 amide bonds. The van der Waals surface area contributed by atoms with Gasteiger partial charge < -0.3 is 18.7 Å². The van der Waals surface area contributed by atoms with Gasteiger partial charge in [0, 0.05) is 42.9 Å². The maximum absolute atomic E-state index is 13.7. The molecule has 4 heterocycles. The SMILES string of the molecule is Cc1cc(C(=O)N2CCN(C(=O)c3cc4nc(-c5ccc(F)cc5)cc(C(C)(C)C)c4o3)C(C)(C)C2)no1. The van der Waals surface area contributed by atoms with Crippen LogP contribution in [0, 0.1) is 12.7 Å². The Hall–Kier alpha value is -4.01. The van der Waals surface area contributed by atoms with Crippen molar-refractivity contribution in [1.82, 2.24) is 19.9 Å². The fourth-order valence-corrected chi connectivity index (χ4v) is 4.92. The van der Waals surface area contributed by atoms with Gasteiger partial charge in [0.1, 0.15) is 17.1 Å². The Morgan fingerprint density at radius 3 is 2.34 bits per heavy atom. The molecule has 0 radical (unpaired) electrons. The summed E-state index contributed by atoms with van der Waals surface area (Å²) in [6.07, 6.45) is 0. The highest BCUT2D eigenvalue weighted by atomic mass is 19.1. The topological polar surface area (TPSA) is 92.7 Å². The Labute approximate surface area is 220 Å². The number of nitrogens with zero attached hydrogens (tertiary/aromatic N) is 4. The van der Waals surface area contributed by atoms with Crippen LogP contribution in [0.2, 0.25) is 0 Å². The molecule has 0 aliphatic carbocycles. The van der Waals surface area contributed by atoms with Crippen molar-refractivity contribution < 1.29 is 22.9 Å². The van der Waals surface area contributed by atoms with Crippen LogP contribution in [0.1, 0.15) is 67.0 Å². The van der Waals surface area contributed by atoms with Gasteiger partial charge in [-0.05, 0) is 56.5 Å². The van der Waals surface area contributed by atoms with E-state index >= 15 is 0 Å². The van der Waals surface area contributed by atoms with E-state index in [1.165, 1.54) is 12.1 Å². The number of hydrogen-bond acceptors (Lipinski definition) is 6. The molecule has 4 aromatic rings. The quantitative estimate of drug-likeness (QED) is 0.350. The highest BCUT2D eigenvalue weighted by Crippen LogP contribution is 2.35. The standard InChI is InChI=1S/C29H31FN4O4/c1-17-13-23(32-38-17)26(35)33-11-12-34(29(5,6)16-33)27(36)24-15-22-25(37-24)20(28(2,3)4)14-21(31-22)18-7-9-19(30)10-8-18/h7-10,13-15H,11-12,16H2,1-6H3. The number of furan rings is 1. The van der Waals surface area contributed by atoms with E-state index in [4.69, 9.17) is 13.9 Å². The monoisotopic (exact) mass is 518 g/mol. The Morgan fingerprint density at radius 2 is 1.74 bits per heavy atom. The normalized spacial score (nSPS) is 15.8. The van der Waals surface area contributed by atoms with Gasteiger partial charge in [0.15, 0.2) is 17.0 Å². The van der Waals surface area contributed by atoms with Gasteiger partial charge in [-0.25, -0.2) is 9.37 Å². The Bertz CT molecular complexity index is 1530. The number of piperazine rings is 1. The average molecular weight is 519 g/mol. The molecule has 8 nitrogen and oxygen atoms in total. The van der Waals surface area contributed by atoms with Crippen molar-refractivity contribution in [1.29, 1.82) is 0 Å². The van der Waals surface area contributed by atoms with E-state index in [-0.39, 0.29) is 34.5 Å². The van der Waals surface area contributed by atoms with Gasteiger partial charge in [0.05, 0.1) is 11.2 Å². The summed E-state index contributed by atoms with van der Waals surface area (Å²) in [5, 5.41) is 3.84. The minimum absolute atomic E-state index is 0.189. The van der Waals surface area contributed by atoms with Crippen molar-refractivity contribution in [2.45, 2.75) is 52.5 Å². The molecule has 0 bridgehead atoms. The molecule has 0 N–H and O–H groups in total. The zero-order chi connectivity index (χ0) is 27.4. The summed E-state index contributed by atoms with van der Waals surface area (Å²) in [4.78, 5) is 34.8. The first kappa shape index (κ1) is 25.6. The first-order chi connectivity index (χ1) is 17.8. The summed E-state index contributed by atoms with van der Waals surface area (Å²) in [6, 6.07) is 11.4. The van der Waals surface area contributed by atoms with Crippen molar-refractivity contribution in [3.05, 3.63) is 71.1 Å². The number of aromatic nitrogens is 2. The number of rotatable bonds is 3. The van der Waals surface area contributed by atoms with E-state index in [1.54, 1.807) is 41.0 Å². The second kappa shape index (κ2) is 9.08. The van der Waals surface area contributed by atoms with Gasteiger partial charge in [-0.2, -0.15) is 0 Å². The number of aryl methyl sites for hydroxylation is 1. The summed E-state index contributed by atoms with van der Waals surface area (Å²) in [6.45, 7) is 12.8. The van der Waals surface area contributed by atoms with Crippen LogP contribution in [0.3, 0.4) is 0 Å². The third-order valence-corrected chi connectivity index (χ3v) is 6.92. The molecule has 9 heteroatoms. The molecule has 0 spiro atoms. The lowest BCUT2D eigenvalue weighted by molar-refractivity contribution is 0.0147. The Kier molecular flexibility index (Phi) is 6.12. The fourth-order valence-electron chi connectivity index (χ4n) is 4.92. The highest BCUT2D eigenvalue weighted by molar-refractivity contribution is 5.97. The fraction of sp³-hybridized carbons (Fsp3) is 0.379. The summed E-state index contributed by atoms with van der Waals surface area (Å²) in [5.41, 5.74) is 2.79. The number of fused-ring (bicyclic) bond motifs is 1. The number of carbonyl (C=O) groups excluding carboxylic acids is 2. The largest absolute Gasteiger partial charge is 0.449 e. The van der Waals surface area contributed by atoms with E-state index < -0.39 is 5.54 Å². The minimum atomic E-state index is -0.650. The molecule has 1 aromatic carbocycles. The van der Waals surface area contributed by atoms with E-state index in [0.717, 1.165) is 11.1 Å². The summed E-state index contributed by atoms with van der Waals surface area (Å²) in [7, 11) is 0. The second-order valence-electron chi connectivity index (χ2n) is 11.5. The number of pyridine rings is 1. The lowest BCUT2D eigenvalue weighted by Gasteiger charge is -2.46. The number of benzene rings is 1. The van der Waals surface area contributed by atoms with Crippen molar-refractivity contribution in [2.24, 2.45) is 0 Å². The van der Waals surface area contributed by atoms with Crippen LogP contribution < -0.4 is 0 Å². The zero-order valence-corrected chi connectivity index (χ0v) is 22.5. The molecule has 0 saturated carbocycles. The van der Waals surface area contributed by atoms with Crippen LogP contribution in [0.15, 0.2) is 51.4 Å². The first-order valence-electron chi connectivity index (χ1n) is 12.6. The zero-order valence-electron chi connectivity index (χ0n) is 22.5. The van der Waals surface area contributed by atoms with Crippen LogP contribution in [-0.4, -0.2) is 56.9 Å². The third-order valence-electron chi connectivity index (χ3n) is 6.92. The van der Waals surface area contributed by atoms with Gasteiger partial charge in [-0.15, -0.1) is 0 Å². The van der Waals surface area contributed by atoms with Crippen LogP contribution >= 0.6 is 0 Å². The second-order valence-corrected chi connectivity index (χ2v) is 11.5. The summed E-state index contributed by atoms with van der Waals surface area (Å²) < 4.78 is 24.7. The van der Waals surface area contributed by atoms with Gasteiger partial charge in [0.25, 0.3) is 11.8 Å². The molecule has 1 fully saturated rings. The first-order valence-corrected chi connectivity index (χ1v) is 12.6. The molecule has 1 saturated heterocycles. The van der Waals surface area contributed by atoms with E-state index in [1.807, 2.05) is 19.9 Å². The predicted molar refractivity (Wildman–Crippen MR) is 140 cm³/mol. The number of hydrogen-bond donors (Lipinski definition) is 0. The summed E-state index contributed by atoms with van der Waals surface area (Å²) >= 11 is 0. The molecule has 1 aliphatic heterocycles. The van der Waals surface area contributed by atoms with Gasteiger partial charge in [-0.3, -0.25) is 9.59 Å². The van der Waals surface area contributed by atoms with Crippen LogP contribution in [0.4, 0.5) is 4.39 Å². The predicted octanol–water partition coefficient (Wildman–Crippen LogP) is 5.60. The van der Waals surface area contributed by atoms with Crippen molar-refractivity contribution in [3.63, 3.8) is 0 Å². The number of amides is 2. The molecule has 1 aliphatic rings. The average Bonchev–Trinajstić information content (AvgIpc) is 3.48. The third kappa shape index (κ3) is 4.68. The lowest BCUT2D eigenvalue weighted by atomic mass is 9.86. The lowest BCUT2D eigenvalue weighted by Crippen LogP contribution is -2.62. The number of carbonyl (C=O) groups is 2. The maximum Gasteiger partial charge on any atom is 0.290 e. The molecule has 5 rings (SSSR count). The smallest absolute Gasteiger partial charge is 0.290 e.